The van der Waals surface area contributed by atoms with E-state index in [-0.39, 0.29) is 23.1 Å². The van der Waals surface area contributed by atoms with Gasteiger partial charge in [0.1, 0.15) is 17.9 Å². The van der Waals surface area contributed by atoms with Gasteiger partial charge in [-0.1, -0.05) is 6.42 Å². The Kier molecular flexibility index (Phi) is 4.49. The van der Waals surface area contributed by atoms with Crippen LogP contribution in [0.4, 0.5) is 22.0 Å². The van der Waals surface area contributed by atoms with Gasteiger partial charge in [0.25, 0.3) is 0 Å². The summed E-state index contributed by atoms with van der Waals surface area (Å²) in [7, 11) is 0. The van der Waals surface area contributed by atoms with Crippen molar-refractivity contribution in [3.63, 3.8) is 0 Å². The molecule has 0 unspecified atom stereocenters. The molecule has 0 radical (unpaired) electrons. The first kappa shape index (κ1) is 17.1. The third-order valence-corrected chi connectivity index (χ3v) is 4.81. The molecule has 0 spiro atoms. The van der Waals surface area contributed by atoms with Gasteiger partial charge in [0, 0.05) is 18.2 Å². The van der Waals surface area contributed by atoms with E-state index in [9.17, 15) is 9.18 Å². The second-order valence-electron chi connectivity index (χ2n) is 6.39. The number of carbonyl (C=O) groups excluding carboxylic acids is 1. The average Bonchev–Trinajstić information content (AvgIpc) is 3.18. The summed E-state index contributed by atoms with van der Waals surface area (Å²) in [5, 5.41) is 11.3. The molecule has 1 fully saturated rings. The van der Waals surface area contributed by atoms with E-state index >= 15 is 0 Å². The third kappa shape index (κ3) is 3.23. The molecule has 1 saturated carbocycles. The Morgan fingerprint density at radius 3 is 2.70 bits per heavy atom. The number of amides is 1. The first-order valence-corrected chi connectivity index (χ1v) is 8.54. The van der Waals surface area contributed by atoms with Gasteiger partial charge in [-0.15, -0.1) is 10.2 Å². The maximum Gasteiger partial charge on any atom is 0.309 e. The van der Waals surface area contributed by atoms with Gasteiger partial charge in [-0.05, 0) is 37.1 Å². The highest BCUT2D eigenvalue weighted by Gasteiger charge is 2.41. The number of aromatic nitrogens is 4. The molecule has 3 aromatic heterocycles. The summed E-state index contributed by atoms with van der Waals surface area (Å²) in [6.07, 6.45) is 7.73. The van der Waals surface area contributed by atoms with Crippen molar-refractivity contribution in [1.82, 2.24) is 20.2 Å². The van der Waals surface area contributed by atoms with E-state index in [0.29, 0.717) is 24.5 Å². The molecule has 3 heterocycles. The number of oxazole rings is 1. The highest BCUT2D eigenvalue weighted by Crippen LogP contribution is 2.43. The van der Waals surface area contributed by atoms with Crippen LogP contribution in [0.15, 0.2) is 47.3 Å². The number of anilines is 3. The van der Waals surface area contributed by atoms with Crippen LogP contribution in [-0.2, 0) is 10.2 Å². The fraction of sp³-hybridized carbons (Fsp3) is 0.278. The van der Waals surface area contributed by atoms with Crippen LogP contribution in [0.1, 0.15) is 25.0 Å². The Morgan fingerprint density at radius 2 is 2.11 bits per heavy atom. The molecule has 0 saturated heterocycles. The van der Waals surface area contributed by atoms with Crippen LogP contribution in [0.3, 0.4) is 0 Å². The smallest absolute Gasteiger partial charge is 0.309 e. The van der Waals surface area contributed by atoms with Crippen LogP contribution < -0.4 is 10.2 Å². The van der Waals surface area contributed by atoms with E-state index in [1.165, 1.54) is 18.5 Å². The van der Waals surface area contributed by atoms with E-state index in [1.807, 2.05) is 0 Å². The van der Waals surface area contributed by atoms with Gasteiger partial charge in [-0.2, -0.15) is 0 Å². The number of hydrogen-bond donors (Lipinski definition) is 1. The average molecular weight is 368 g/mol. The second kappa shape index (κ2) is 7.10. The van der Waals surface area contributed by atoms with Crippen molar-refractivity contribution in [2.24, 2.45) is 0 Å². The van der Waals surface area contributed by atoms with E-state index in [1.54, 1.807) is 24.4 Å². The van der Waals surface area contributed by atoms with Crippen LogP contribution >= 0.6 is 0 Å². The van der Waals surface area contributed by atoms with Gasteiger partial charge in [0.05, 0.1) is 11.9 Å². The molecule has 138 valence electrons. The summed E-state index contributed by atoms with van der Waals surface area (Å²) < 4.78 is 19.3. The van der Waals surface area contributed by atoms with Crippen molar-refractivity contribution in [1.29, 1.82) is 0 Å². The SMILES string of the molecule is O=CN(c1ccc(NCC2(c3ncccc3F)CCC2)nn1)c1ncco1. The normalized spacial score (nSPS) is 15.0. The number of nitrogens with zero attached hydrogens (tertiary/aromatic N) is 5. The molecule has 0 bridgehead atoms. The molecule has 9 heteroatoms. The van der Waals surface area contributed by atoms with Crippen LogP contribution in [-0.4, -0.2) is 33.1 Å². The Labute approximate surface area is 154 Å². The number of halogens is 1. The van der Waals surface area contributed by atoms with Crippen molar-refractivity contribution in [3.05, 3.63) is 54.4 Å². The van der Waals surface area contributed by atoms with Gasteiger partial charge in [-0.3, -0.25) is 9.78 Å². The summed E-state index contributed by atoms with van der Waals surface area (Å²) in [4.78, 5) is 20.6. The van der Waals surface area contributed by atoms with Gasteiger partial charge in [0.2, 0.25) is 6.41 Å². The van der Waals surface area contributed by atoms with Gasteiger partial charge >= 0.3 is 6.01 Å². The third-order valence-electron chi connectivity index (χ3n) is 4.81. The zero-order valence-corrected chi connectivity index (χ0v) is 14.4. The quantitative estimate of drug-likeness (QED) is 0.641. The number of carbonyl (C=O) groups is 1. The van der Waals surface area contributed by atoms with Gasteiger partial charge < -0.3 is 9.73 Å². The lowest BCUT2D eigenvalue weighted by Crippen LogP contribution is -2.42. The summed E-state index contributed by atoms with van der Waals surface area (Å²) in [6, 6.07) is 6.47. The molecule has 1 N–H and O–H groups in total. The van der Waals surface area contributed by atoms with E-state index in [0.717, 1.165) is 24.2 Å². The van der Waals surface area contributed by atoms with Crippen molar-refractivity contribution < 1.29 is 13.6 Å². The van der Waals surface area contributed by atoms with Crippen molar-refractivity contribution in [2.75, 3.05) is 16.8 Å². The van der Waals surface area contributed by atoms with Crippen molar-refractivity contribution in [2.45, 2.75) is 24.7 Å². The molecule has 4 rings (SSSR count). The van der Waals surface area contributed by atoms with Crippen molar-refractivity contribution in [3.8, 4) is 0 Å². The Balaban J connectivity index is 1.47. The monoisotopic (exact) mass is 368 g/mol. The molecule has 27 heavy (non-hydrogen) atoms. The molecule has 8 nitrogen and oxygen atoms in total. The van der Waals surface area contributed by atoms with Crippen LogP contribution in [0.25, 0.3) is 0 Å². The fourth-order valence-corrected chi connectivity index (χ4v) is 3.22. The minimum atomic E-state index is -0.335. The zero-order valence-electron chi connectivity index (χ0n) is 14.4. The first-order valence-electron chi connectivity index (χ1n) is 8.54. The number of nitrogens with one attached hydrogen (secondary N) is 1. The fourth-order valence-electron chi connectivity index (χ4n) is 3.22. The maximum atomic E-state index is 14.2. The molecule has 0 aromatic carbocycles. The van der Waals surface area contributed by atoms with Crippen LogP contribution in [0, 0.1) is 5.82 Å². The van der Waals surface area contributed by atoms with Gasteiger partial charge in [0.15, 0.2) is 5.82 Å². The summed E-state index contributed by atoms with van der Waals surface area (Å²) in [5.74, 6) is 0.528. The largest absolute Gasteiger partial charge is 0.431 e. The van der Waals surface area contributed by atoms with Crippen LogP contribution in [0.2, 0.25) is 0 Å². The highest BCUT2D eigenvalue weighted by atomic mass is 19.1. The van der Waals surface area contributed by atoms with Crippen molar-refractivity contribution >= 4 is 24.1 Å². The predicted octanol–water partition coefficient (Wildman–Crippen LogP) is 2.83. The minimum Gasteiger partial charge on any atom is -0.431 e. The second-order valence-corrected chi connectivity index (χ2v) is 6.39. The Hall–Kier alpha value is -3.36. The minimum absolute atomic E-state index is 0.110. The molecule has 0 atom stereocenters. The number of pyridine rings is 1. The number of hydrogen-bond acceptors (Lipinski definition) is 7. The van der Waals surface area contributed by atoms with E-state index < -0.39 is 0 Å². The van der Waals surface area contributed by atoms with Crippen LogP contribution in [0.5, 0.6) is 0 Å². The molecule has 1 aliphatic rings. The Bertz CT molecular complexity index is 912. The molecular formula is C18H17FN6O2. The van der Waals surface area contributed by atoms with E-state index in [2.05, 4.69) is 25.5 Å². The predicted molar refractivity (Wildman–Crippen MR) is 95.0 cm³/mol. The molecule has 1 aliphatic carbocycles. The molecule has 1 amide bonds. The first-order chi connectivity index (χ1) is 13.2. The highest BCUT2D eigenvalue weighted by molar-refractivity contribution is 5.80. The standard InChI is InChI=1S/C18H17FN6O2/c19-13-3-1-8-20-16(13)18(6-2-7-18)11-22-14-4-5-15(24-23-14)25(12-26)17-21-9-10-27-17/h1,3-5,8-10,12H,2,6-7,11H2,(H,22,23). The Morgan fingerprint density at radius 1 is 1.22 bits per heavy atom. The topological polar surface area (TPSA) is 97.0 Å². The summed E-state index contributed by atoms with van der Waals surface area (Å²) in [6.45, 7) is 0.506. The molecule has 3 aromatic rings. The van der Waals surface area contributed by atoms with E-state index in [4.69, 9.17) is 4.42 Å². The van der Waals surface area contributed by atoms with Gasteiger partial charge in [-0.25, -0.2) is 14.3 Å². The number of rotatable bonds is 7. The lowest BCUT2D eigenvalue weighted by molar-refractivity contribution is -0.107. The zero-order chi connectivity index (χ0) is 18.7. The lowest BCUT2D eigenvalue weighted by Gasteiger charge is -2.41. The summed E-state index contributed by atoms with van der Waals surface area (Å²) in [5.41, 5.74) is 0.155. The molecular weight excluding hydrogens is 351 g/mol. The maximum absolute atomic E-state index is 14.2. The summed E-state index contributed by atoms with van der Waals surface area (Å²) >= 11 is 0. The lowest BCUT2D eigenvalue weighted by atomic mass is 9.66. The molecule has 0 aliphatic heterocycles.